The van der Waals surface area contributed by atoms with Crippen molar-refractivity contribution in [3.8, 4) is 0 Å². The quantitative estimate of drug-likeness (QED) is 0.901. The number of aromatic nitrogens is 4. The van der Waals surface area contributed by atoms with E-state index in [1.165, 1.54) is 6.33 Å². The molecule has 1 N–H and O–H groups in total. The third-order valence-corrected chi connectivity index (χ3v) is 3.53. The van der Waals surface area contributed by atoms with E-state index in [9.17, 15) is 4.79 Å². The van der Waals surface area contributed by atoms with Crippen LogP contribution in [0.5, 0.6) is 0 Å². The predicted molar refractivity (Wildman–Crippen MR) is 69.6 cm³/mol. The van der Waals surface area contributed by atoms with Gasteiger partial charge < -0.3 is 9.88 Å². The second kappa shape index (κ2) is 4.87. The fourth-order valence-corrected chi connectivity index (χ4v) is 2.60. The lowest BCUT2D eigenvalue weighted by Crippen LogP contribution is -2.38. The minimum absolute atomic E-state index is 0.0314. The van der Waals surface area contributed by atoms with Crippen LogP contribution in [0.1, 0.15) is 28.9 Å². The lowest BCUT2D eigenvalue weighted by atomic mass is 10.2. The zero-order valence-corrected chi connectivity index (χ0v) is 10.9. The molecule has 0 bridgehead atoms. The molecule has 3 rings (SSSR count). The standard InChI is InChI=1S/C13H17N5O/c1-10-5-16-17(7-10)8-11-3-2-4-18(11)13(19)12-6-14-9-15-12/h5-7,9,11H,2-4,8H2,1H3,(H,14,15)/t11-/m1/s1. The van der Waals surface area contributed by atoms with Gasteiger partial charge in [-0.3, -0.25) is 9.48 Å². The lowest BCUT2D eigenvalue weighted by Gasteiger charge is -2.24. The first-order valence-electron chi connectivity index (χ1n) is 6.52. The van der Waals surface area contributed by atoms with Gasteiger partial charge in [-0.05, 0) is 25.3 Å². The van der Waals surface area contributed by atoms with Crippen LogP contribution in [-0.4, -0.2) is 43.1 Å². The highest BCUT2D eigenvalue weighted by Crippen LogP contribution is 2.20. The minimum atomic E-state index is 0.0314. The molecule has 0 radical (unpaired) electrons. The van der Waals surface area contributed by atoms with Crippen molar-refractivity contribution in [2.75, 3.05) is 6.54 Å². The Labute approximate surface area is 111 Å². The summed E-state index contributed by atoms with van der Waals surface area (Å²) in [4.78, 5) is 21.0. The molecule has 1 amide bonds. The molecule has 3 heterocycles. The Morgan fingerprint density at radius 2 is 2.42 bits per heavy atom. The number of carbonyl (C=O) groups is 1. The van der Waals surface area contributed by atoms with Crippen LogP contribution < -0.4 is 0 Å². The van der Waals surface area contributed by atoms with E-state index >= 15 is 0 Å². The maximum Gasteiger partial charge on any atom is 0.272 e. The average molecular weight is 259 g/mol. The molecule has 100 valence electrons. The van der Waals surface area contributed by atoms with E-state index in [4.69, 9.17) is 0 Å². The molecule has 0 spiro atoms. The first-order valence-corrected chi connectivity index (χ1v) is 6.52. The van der Waals surface area contributed by atoms with Crippen LogP contribution in [0.15, 0.2) is 24.9 Å². The minimum Gasteiger partial charge on any atom is -0.341 e. The number of likely N-dealkylation sites (tertiary alicyclic amines) is 1. The number of aryl methyl sites for hydroxylation is 1. The normalized spacial score (nSPS) is 19.0. The van der Waals surface area contributed by atoms with Crippen LogP contribution in [0.3, 0.4) is 0 Å². The van der Waals surface area contributed by atoms with E-state index in [-0.39, 0.29) is 11.9 Å². The van der Waals surface area contributed by atoms with Gasteiger partial charge in [-0.15, -0.1) is 0 Å². The van der Waals surface area contributed by atoms with Gasteiger partial charge in [0.25, 0.3) is 5.91 Å². The molecule has 19 heavy (non-hydrogen) atoms. The SMILES string of the molecule is Cc1cnn(C[C@H]2CCCN2C(=O)c2cnc[nH]2)c1. The van der Waals surface area contributed by atoms with Crippen LogP contribution in [0.2, 0.25) is 0 Å². The van der Waals surface area contributed by atoms with Crippen LogP contribution in [0, 0.1) is 6.92 Å². The van der Waals surface area contributed by atoms with Crippen molar-refractivity contribution in [3.63, 3.8) is 0 Å². The van der Waals surface area contributed by atoms with Crippen molar-refractivity contribution in [1.29, 1.82) is 0 Å². The molecule has 1 atom stereocenters. The van der Waals surface area contributed by atoms with E-state index < -0.39 is 0 Å². The molecule has 2 aromatic rings. The largest absolute Gasteiger partial charge is 0.341 e. The molecule has 0 unspecified atom stereocenters. The van der Waals surface area contributed by atoms with Gasteiger partial charge in [0.15, 0.2) is 0 Å². The number of nitrogens with one attached hydrogen (secondary N) is 1. The number of rotatable bonds is 3. The van der Waals surface area contributed by atoms with Crippen LogP contribution >= 0.6 is 0 Å². The smallest absolute Gasteiger partial charge is 0.272 e. The van der Waals surface area contributed by atoms with Crippen molar-refractivity contribution in [3.05, 3.63) is 36.2 Å². The number of amides is 1. The van der Waals surface area contributed by atoms with E-state index in [2.05, 4.69) is 15.1 Å². The summed E-state index contributed by atoms with van der Waals surface area (Å²) in [5.41, 5.74) is 1.70. The highest BCUT2D eigenvalue weighted by Gasteiger charge is 2.30. The van der Waals surface area contributed by atoms with Gasteiger partial charge in [-0.25, -0.2) is 4.98 Å². The monoisotopic (exact) mass is 259 g/mol. The summed E-state index contributed by atoms with van der Waals surface area (Å²) in [5.74, 6) is 0.0314. The molecular weight excluding hydrogens is 242 g/mol. The number of carbonyl (C=O) groups excluding carboxylic acids is 1. The van der Waals surface area contributed by atoms with Gasteiger partial charge in [-0.2, -0.15) is 5.10 Å². The van der Waals surface area contributed by atoms with Gasteiger partial charge in [0.1, 0.15) is 5.69 Å². The molecule has 6 heteroatoms. The number of aromatic amines is 1. The zero-order valence-electron chi connectivity index (χ0n) is 10.9. The summed E-state index contributed by atoms with van der Waals surface area (Å²) in [6.45, 7) is 3.59. The second-order valence-corrected chi connectivity index (χ2v) is 5.00. The van der Waals surface area contributed by atoms with Crippen molar-refractivity contribution in [2.45, 2.75) is 32.4 Å². The highest BCUT2D eigenvalue weighted by atomic mass is 16.2. The van der Waals surface area contributed by atoms with Gasteiger partial charge in [0, 0.05) is 12.7 Å². The number of nitrogens with zero attached hydrogens (tertiary/aromatic N) is 4. The molecule has 0 saturated carbocycles. The fraction of sp³-hybridized carbons (Fsp3) is 0.462. The Morgan fingerprint density at radius 3 is 3.11 bits per heavy atom. The molecule has 1 saturated heterocycles. The molecule has 1 aliphatic heterocycles. The first kappa shape index (κ1) is 12.0. The Bertz CT molecular complexity index is 559. The van der Waals surface area contributed by atoms with Gasteiger partial charge in [0.05, 0.1) is 31.3 Å². The van der Waals surface area contributed by atoms with Gasteiger partial charge in [-0.1, -0.05) is 0 Å². The number of H-pyrrole nitrogens is 1. The summed E-state index contributed by atoms with van der Waals surface area (Å²) in [6.07, 6.45) is 9.04. The molecule has 2 aromatic heterocycles. The first-order chi connectivity index (χ1) is 9.24. The Kier molecular flexibility index (Phi) is 3.06. The topological polar surface area (TPSA) is 66.8 Å². The molecule has 1 fully saturated rings. The van der Waals surface area contributed by atoms with Crippen molar-refractivity contribution < 1.29 is 4.79 Å². The van der Waals surface area contributed by atoms with E-state index in [0.29, 0.717) is 5.69 Å². The third kappa shape index (κ3) is 2.38. The van der Waals surface area contributed by atoms with Crippen LogP contribution in [-0.2, 0) is 6.54 Å². The number of imidazole rings is 1. The Hall–Kier alpha value is -2.11. The van der Waals surface area contributed by atoms with E-state index in [0.717, 1.165) is 31.5 Å². The number of hydrogen-bond acceptors (Lipinski definition) is 3. The molecular formula is C13H17N5O. The maximum absolute atomic E-state index is 12.3. The predicted octanol–water partition coefficient (Wildman–Crippen LogP) is 1.22. The summed E-state index contributed by atoms with van der Waals surface area (Å²) in [7, 11) is 0. The maximum atomic E-state index is 12.3. The Balaban J connectivity index is 1.73. The number of hydrogen-bond donors (Lipinski definition) is 1. The molecule has 0 aromatic carbocycles. The van der Waals surface area contributed by atoms with Crippen molar-refractivity contribution in [2.24, 2.45) is 0 Å². The van der Waals surface area contributed by atoms with Crippen LogP contribution in [0.4, 0.5) is 0 Å². The fourth-order valence-electron chi connectivity index (χ4n) is 2.60. The lowest BCUT2D eigenvalue weighted by molar-refractivity contribution is 0.0716. The summed E-state index contributed by atoms with van der Waals surface area (Å²) in [6, 6.07) is 0.218. The third-order valence-electron chi connectivity index (χ3n) is 3.53. The molecule has 6 nitrogen and oxygen atoms in total. The Morgan fingerprint density at radius 1 is 1.53 bits per heavy atom. The summed E-state index contributed by atoms with van der Waals surface area (Å²) < 4.78 is 1.92. The average Bonchev–Trinajstić information content (AvgIpc) is 3.10. The van der Waals surface area contributed by atoms with Gasteiger partial charge in [0.2, 0.25) is 0 Å². The molecule has 0 aliphatic carbocycles. The second-order valence-electron chi connectivity index (χ2n) is 5.00. The van der Waals surface area contributed by atoms with Crippen LogP contribution in [0.25, 0.3) is 0 Å². The van der Waals surface area contributed by atoms with E-state index in [1.807, 2.05) is 28.9 Å². The summed E-state index contributed by atoms with van der Waals surface area (Å²) >= 11 is 0. The molecule has 1 aliphatic rings. The summed E-state index contributed by atoms with van der Waals surface area (Å²) in [5, 5.41) is 4.29. The van der Waals surface area contributed by atoms with E-state index in [1.54, 1.807) is 6.20 Å². The van der Waals surface area contributed by atoms with Gasteiger partial charge >= 0.3 is 0 Å². The zero-order chi connectivity index (χ0) is 13.2. The highest BCUT2D eigenvalue weighted by molar-refractivity contribution is 5.92. The van der Waals surface area contributed by atoms with Crippen molar-refractivity contribution >= 4 is 5.91 Å². The van der Waals surface area contributed by atoms with Crippen molar-refractivity contribution in [1.82, 2.24) is 24.6 Å².